The molecule has 8 nitrogen and oxygen atoms in total. The predicted octanol–water partition coefficient (Wildman–Crippen LogP) is 4.53. The highest BCUT2D eigenvalue weighted by Gasteiger charge is 2.24. The summed E-state index contributed by atoms with van der Waals surface area (Å²) in [7, 11) is -1.99. The number of nitrogen functional groups attached to an aromatic ring is 1. The lowest BCUT2D eigenvalue weighted by atomic mass is 9.94. The molecule has 0 amide bonds. The Kier molecular flexibility index (Phi) is 6.75. The molecule has 0 aliphatic carbocycles. The number of anilines is 2. The van der Waals surface area contributed by atoms with Crippen LogP contribution in [0, 0.1) is 11.6 Å². The van der Waals surface area contributed by atoms with E-state index in [4.69, 9.17) is 23.1 Å². The van der Waals surface area contributed by atoms with Crippen LogP contribution in [0.4, 0.5) is 20.3 Å². The van der Waals surface area contributed by atoms with Crippen LogP contribution in [-0.4, -0.2) is 29.4 Å². The largest absolute Gasteiger partial charge is 0.397 e. The molecule has 2 aromatic carbocycles. The molecule has 0 aliphatic heterocycles. The second kappa shape index (κ2) is 9.34. The second-order valence-electron chi connectivity index (χ2n) is 8.05. The van der Waals surface area contributed by atoms with Gasteiger partial charge in [0.15, 0.2) is 5.82 Å². The van der Waals surface area contributed by atoms with Crippen molar-refractivity contribution in [3.63, 3.8) is 0 Å². The van der Waals surface area contributed by atoms with E-state index in [0.29, 0.717) is 43.6 Å². The lowest BCUT2D eigenvalue weighted by Crippen LogP contribution is -2.17. The highest BCUT2D eigenvalue weighted by Crippen LogP contribution is 2.40. The first kappa shape index (κ1) is 25.3. The van der Waals surface area contributed by atoms with Gasteiger partial charge in [-0.25, -0.2) is 22.2 Å². The molecule has 4 aromatic rings. The Morgan fingerprint density at radius 1 is 1.17 bits per heavy atom. The Balaban J connectivity index is 1.91. The van der Waals surface area contributed by atoms with Crippen molar-refractivity contribution < 1.29 is 17.2 Å². The Labute approximate surface area is 213 Å². The van der Waals surface area contributed by atoms with E-state index >= 15 is 0 Å². The summed E-state index contributed by atoms with van der Waals surface area (Å²) in [6.45, 7) is 0. The number of hydrogen-bond donors (Lipinski definition) is 3. The third-order valence-electron chi connectivity index (χ3n) is 5.27. The quantitative estimate of drug-likeness (QED) is 0.285. The van der Waals surface area contributed by atoms with Crippen molar-refractivity contribution in [1.82, 2.24) is 14.8 Å². The maximum Gasteiger partial charge on any atom is 0.231 e. The molecule has 0 bridgehead atoms. The van der Waals surface area contributed by atoms with Crippen LogP contribution in [0.3, 0.4) is 0 Å². The van der Waals surface area contributed by atoms with E-state index in [0.717, 1.165) is 12.3 Å². The van der Waals surface area contributed by atoms with Gasteiger partial charge in [-0.1, -0.05) is 17.7 Å². The molecule has 0 saturated heterocycles. The van der Waals surface area contributed by atoms with Gasteiger partial charge in [-0.05, 0) is 52.2 Å². The minimum Gasteiger partial charge on any atom is -0.397 e. The molecule has 0 fully saturated rings. The zero-order valence-corrected chi connectivity index (χ0v) is 21.6. The molecule has 184 valence electrons. The van der Waals surface area contributed by atoms with Crippen molar-refractivity contribution >= 4 is 60.0 Å². The fourth-order valence-corrected chi connectivity index (χ4v) is 4.98. The number of nitrogens with one attached hydrogen (secondary N) is 1. The van der Waals surface area contributed by atoms with Crippen molar-refractivity contribution in [2.45, 2.75) is 12.5 Å². The van der Waals surface area contributed by atoms with Crippen LogP contribution in [0.15, 0.2) is 41.0 Å². The Bertz CT molecular complexity index is 1560. The molecule has 0 radical (unpaired) electrons. The third-order valence-corrected chi connectivity index (χ3v) is 6.79. The lowest BCUT2D eigenvalue weighted by Gasteiger charge is -2.18. The summed E-state index contributed by atoms with van der Waals surface area (Å²) >= 11 is 9.74. The molecule has 5 N–H and O–H groups in total. The monoisotopic (exact) mass is 584 g/mol. The molecule has 0 aliphatic rings. The van der Waals surface area contributed by atoms with E-state index < -0.39 is 27.7 Å². The van der Waals surface area contributed by atoms with Gasteiger partial charge in [-0.15, -0.1) is 0 Å². The molecular weight excluding hydrogens is 566 g/mol. The van der Waals surface area contributed by atoms with Crippen molar-refractivity contribution in [2.75, 3.05) is 16.7 Å². The van der Waals surface area contributed by atoms with Crippen LogP contribution in [0.5, 0.6) is 0 Å². The first-order valence-electron chi connectivity index (χ1n) is 10.1. The molecular formula is C22H20BrClF2N6O2S. The van der Waals surface area contributed by atoms with Crippen LogP contribution in [0.1, 0.15) is 17.3 Å². The van der Waals surface area contributed by atoms with E-state index in [9.17, 15) is 17.2 Å². The van der Waals surface area contributed by atoms with Crippen LogP contribution >= 0.6 is 27.5 Å². The van der Waals surface area contributed by atoms with Gasteiger partial charge in [0.2, 0.25) is 10.0 Å². The van der Waals surface area contributed by atoms with E-state index in [2.05, 4.69) is 30.7 Å². The molecule has 0 saturated carbocycles. The SMILES string of the molecule is Cn1nc(NS(C)(=O)=O)c2c(Cl)ccc(-c3cc(N)c(Br)nc3[C@@H](N)Cc3cc(F)cc(F)c3)c21. The standard InChI is InChI=1S/C22H20BrClF2N6O2S/c1-32-20-13(3-4-15(24)18(20)22(30-32)31-35(2,33)34)14-9-17(28)21(23)29-19(14)16(27)7-10-5-11(25)8-12(26)6-10/h3-6,8-9,16H,7,27-28H2,1-2H3,(H,30,31)/t16-/m0/s1. The molecule has 4 rings (SSSR count). The summed E-state index contributed by atoms with van der Waals surface area (Å²) in [5.41, 5.74) is 15.3. The normalized spacial score (nSPS) is 12.8. The highest BCUT2D eigenvalue weighted by atomic mass is 79.9. The summed E-state index contributed by atoms with van der Waals surface area (Å²) in [4.78, 5) is 4.52. The number of sulfonamides is 1. The van der Waals surface area contributed by atoms with Crippen molar-refractivity contribution in [3.05, 3.63) is 68.9 Å². The number of rotatable bonds is 6. The predicted molar refractivity (Wildman–Crippen MR) is 137 cm³/mol. The van der Waals surface area contributed by atoms with E-state index in [1.165, 1.54) is 16.8 Å². The number of aryl methyl sites for hydroxylation is 1. The number of hydrogen-bond acceptors (Lipinski definition) is 6. The van der Waals surface area contributed by atoms with Crippen molar-refractivity contribution in [2.24, 2.45) is 12.8 Å². The first-order valence-corrected chi connectivity index (χ1v) is 13.2. The number of nitrogens with two attached hydrogens (primary N) is 2. The van der Waals surface area contributed by atoms with Gasteiger partial charge in [0, 0.05) is 24.2 Å². The summed E-state index contributed by atoms with van der Waals surface area (Å²) < 4.78 is 55.4. The molecule has 0 unspecified atom stereocenters. The fourth-order valence-electron chi connectivity index (χ4n) is 3.94. The molecule has 13 heteroatoms. The third kappa shape index (κ3) is 5.25. The minimum absolute atomic E-state index is 0.0657. The van der Waals surface area contributed by atoms with Crippen LogP contribution < -0.4 is 16.2 Å². The Hall–Kier alpha value is -2.80. The lowest BCUT2D eigenvalue weighted by molar-refractivity contribution is 0.575. The van der Waals surface area contributed by atoms with Crippen LogP contribution in [-0.2, 0) is 23.5 Å². The number of benzene rings is 2. The zero-order valence-electron chi connectivity index (χ0n) is 18.5. The average molecular weight is 586 g/mol. The summed E-state index contributed by atoms with van der Waals surface area (Å²) in [6, 6.07) is 7.42. The Morgan fingerprint density at radius 3 is 2.46 bits per heavy atom. The molecule has 1 atom stereocenters. The zero-order chi connectivity index (χ0) is 25.7. The van der Waals surface area contributed by atoms with Gasteiger partial charge in [0.05, 0.1) is 39.6 Å². The van der Waals surface area contributed by atoms with E-state index in [1.54, 1.807) is 25.2 Å². The van der Waals surface area contributed by atoms with Gasteiger partial charge in [0.25, 0.3) is 0 Å². The number of halogens is 4. The number of nitrogens with zero attached hydrogens (tertiary/aromatic N) is 3. The Morgan fingerprint density at radius 2 is 1.83 bits per heavy atom. The molecule has 0 spiro atoms. The summed E-state index contributed by atoms with van der Waals surface area (Å²) in [5, 5.41) is 4.95. The summed E-state index contributed by atoms with van der Waals surface area (Å²) in [6.07, 6.45) is 1.10. The molecule has 2 aromatic heterocycles. The molecule has 35 heavy (non-hydrogen) atoms. The average Bonchev–Trinajstić information content (AvgIpc) is 3.04. The summed E-state index contributed by atoms with van der Waals surface area (Å²) in [5.74, 6) is -1.35. The van der Waals surface area contributed by atoms with Gasteiger partial charge in [0.1, 0.15) is 16.2 Å². The number of pyridine rings is 1. The van der Waals surface area contributed by atoms with Crippen LogP contribution in [0.25, 0.3) is 22.0 Å². The van der Waals surface area contributed by atoms with Crippen LogP contribution in [0.2, 0.25) is 5.02 Å². The van der Waals surface area contributed by atoms with E-state index in [1.807, 2.05) is 0 Å². The van der Waals surface area contributed by atoms with Crippen molar-refractivity contribution in [3.8, 4) is 11.1 Å². The topological polar surface area (TPSA) is 129 Å². The van der Waals surface area contributed by atoms with Crippen molar-refractivity contribution in [1.29, 1.82) is 0 Å². The van der Waals surface area contributed by atoms with Gasteiger partial charge >= 0.3 is 0 Å². The highest BCUT2D eigenvalue weighted by molar-refractivity contribution is 9.10. The van der Waals surface area contributed by atoms with Gasteiger partial charge in [-0.2, -0.15) is 5.10 Å². The first-order chi connectivity index (χ1) is 16.3. The number of fused-ring (bicyclic) bond motifs is 1. The molecule has 2 heterocycles. The maximum absolute atomic E-state index is 13.7. The van der Waals surface area contributed by atoms with Gasteiger partial charge < -0.3 is 11.5 Å². The number of aromatic nitrogens is 3. The second-order valence-corrected chi connectivity index (χ2v) is 11.0. The maximum atomic E-state index is 13.7. The minimum atomic E-state index is -3.63. The van der Waals surface area contributed by atoms with Gasteiger partial charge in [-0.3, -0.25) is 9.40 Å². The van der Waals surface area contributed by atoms with E-state index in [-0.39, 0.29) is 17.3 Å². The fraction of sp³-hybridized carbons (Fsp3) is 0.182. The smallest absolute Gasteiger partial charge is 0.231 e.